The molecule has 0 N–H and O–H groups in total. The third-order valence-corrected chi connectivity index (χ3v) is 4.94. The molecule has 2 aromatic rings. The molecule has 5 nitrogen and oxygen atoms in total. The number of hydrogen-bond donors (Lipinski definition) is 0. The van der Waals surface area contributed by atoms with Crippen molar-refractivity contribution in [1.29, 1.82) is 0 Å². The van der Waals surface area contributed by atoms with E-state index in [0.717, 1.165) is 55.1 Å². The minimum atomic E-state index is -0.0721. The van der Waals surface area contributed by atoms with Gasteiger partial charge in [-0.2, -0.15) is 0 Å². The highest BCUT2D eigenvalue weighted by molar-refractivity contribution is 5.65. The van der Waals surface area contributed by atoms with E-state index in [1.165, 1.54) is 0 Å². The van der Waals surface area contributed by atoms with Gasteiger partial charge in [-0.1, -0.05) is 31.2 Å². The molecule has 1 aliphatic heterocycles. The summed E-state index contributed by atoms with van der Waals surface area (Å²) in [5.74, 6) is 0.732. The lowest BCUT2D eigenvalue weighted by Crippen LogP contribution is -2.49. The molecular formula is C20H26N4O. The topological polar surface area (TPSA) is 49.3 Å². The van der Waals surface area contributed by atoms with Crippen LogP contribution in [0.1, 0.15) is 32.3 Å². The minimum absolute atomic E-state index is 0.0721. The Morgan fingerprint density at radius 2 is 1.52 bits per heavy atom. The zero-order valence-electron chi connectivity index (χ0n) is 15.2. The van der Waals surface area contributed by atoms with Gasteiger partial charge in [0.1, 0.15) is 6.29 Å². The highest BCUT2D eigenvalue weighted by Crippen LogP contribution is 2.22. The monoisotopic (exact) mass is 338 g/mol. The minimum Gasteiger partial charge on any atom is -0.338 e. The Labute approximate surface area is 149 Å². The third kappa shape index (κ3) is 4.04. The van der Waals surface area contributed by atoms with Crippen molar-refractivity contribution in [3.63, 3.8) is 0 Å². The summed E-state index contributed by atoms with van der Waals surface area (Å²) in [6.07, 6.45) is 4.73. The van der Waals surface area contributed by atoms with E-state index in [0.29, 0.717) is 6.04 Å². The van der Waals surface area contributed by atoms with Crippen molar-refractivity contribution in [3.8, 4) is 11.1 Å². The predicted molar refractivity (Wildman–Crippen MR) is 101 cm³/mol. The van der Waals surface area contributed by atoms with Crippen LogP contribution in [0.2, 0.25) is 0 Å². The van der Waals surface area contributed by atoms with E-state index in [4.69, 9.17) is 0 Å². The molecule has 1 atom stereocenters. The molecule has 3 rings (SSSR count). The number of carbonyl (C=O) groups excluding carboxylic acids is 1. The quantitative estimate of drug-likeness (QED) is 0.785. The maximum absolute atomic E-state index is 10.9. The van der Waals surface area contributed by atoms with E-state index in [1.54, 1.807) is 0 Å². The van der Waals surface area contributed by atoms with E-state index >= 15 is 0 Å². The van der Waals surface area contributed by atoms with Crippen molar-refractivity contribution < 1.29 is 4.79 Å². The largest absolute Gasteiger partial charge is 0.338 e. The summed E-state index contributed by atoms with van der Waals surface area (Å²) in [6, 6.07) is 8.63. The Kier molecular flexibility index (Phi) is 5.43. The van der Waals surface area contributed by atoms with Crippen LogP contribution < -0.4 is 4.90 Å². The van der Waals surface area contributed by atoms with Gasteiger partial charge in [0.2, 0.25) is 5.95 Å². The van der Waals surface area contributed by atoms with Crippen LogP contribution in [0, 0.1) is 0 Å². The van der Waals surface area contributed by atoms with Gasteiger partial charge in [-0.15, -0.1) is 0 Å². The van der Waals surface area contributed by atoms with Gasteiger partial charge in [0.05, 0.1) is 0 Å². The van der Waals surface area contributed by atoms with Crippen molar-refractivity contribution in [2.45, 2.75) is 32.7 Å². The van der Waals surface area contributed by atoms with Crippen molar-refractivity contribution >= 4 is 12.2 Å². The molecule has 5 heteroatoms. The van der Waals surface area contributed by atoms with Gasteiger partial charge in [-0.3, -0.25) is 4.90 Å². The molecule has 1 unspecified atom stereocenters. The van der Waals surface area contributed by atoms with Crippen LogP contribution in [0.3, 0.4) is 0 Å². The van der Waals surface area contributed by atoms with Gasteiger partial charge >= 0.3 is 0 Å². The second kappa shape index (κ2) is 7.74. The molecule has 25 heavy (non-hydrogen) atoms. The lowest BCUT2D eigenvalue weighted by atomic mass is 10.00. The summed E-state index contributed by atoms with van der Waals surface area (Å²) in [4.78, 5) is 24.7. The predicted octanol–water partition coefficient (Wildman–Crippen LogP) is 2.98. The summed E-state index contributed by atoms with van der Waals surface area (Å²) in [6.45, 7) is 10.4. The molecule has 1 aromatic carbocycles. The highest BCUT2D eigenvalue weighted by Gasteiger charge is 2.20. The second-order valence-electron chi connectivity index (χ2n) is 6.94. The van der Waals surface area contributed by atoms with Crippen LogP contribution in [-0.2, 0) is 4.79 Å². The average molecular weight is 338 g/mol. The third-order valence-electron chi connectivity index (χ3n) is 4.94. The normalized spacial score (nSPS) is 16.9. The van der Waals surface area contributed by atoms with Gasteiger partial charge < -0.3 is 9.69 Å². The molecule has 0 amide bonds. The zero-order chi connectivity index (χ0) is 17.8. The van der Waals surface area contributed by atoms with Gasteiger partial charge in [-0.25, -0.2) is 9.97 Å². The number of aldehydes is 1. The fourth-order valence-corrected chi connectivity index (χ4v) is 3.13. The smallest absolute Gasteiger partial charge is 0.225 e. The van der Waals surface area contributed by atoms with Crippen molar-refractivity contribution in [2.24, 2.45) is 0 Å². The Balaban J connectivity index is 1.67. The number of anilines is 1. The summed E-state index contributed by atoms with van der Waals surface area (Å²) in [5, 5.41) is 0. The number of carbonyl (C=O) groups is 1. The van der Waals surface area contributed by atoms with E-state index in [-0.39, 0.29) is 5.92 Å². The standard InChI is InChI=1S/C20H26N4O/c1-15(2)23-8-10-24(11-9-23)20-21-12-19(13-22-20)18-6-4-17(5-7-18)16(3)14-25/h4-7,12-16H,8-11H2,1-3H3. The maximum Gasteiger partial charge on any atom is 0.225 e. The van der Waals surface area contributed by atoms with E-state index in [2.05, 4.69) is 33.6 Å². The van der Waals surface area contributed by atoms with Crippen LogP contribution in [0.25, 0.3) is 11.1 Å². The van der Waals surface area contributed by atoms with Gasteiger partial charge in [0, 0.05) is 56.1 Å². The summed E-state index contributed by atoms with van der Waals surface area (Å²) >= 11 is 0. The van der Waals surface area contributed by atoms with Crippen LogP contribution >= 0.6 is 0 Å². The van der Waals surface area contributed by atoms with Crippen LogP contribution in [0.4, 0.5) is 5.95 Å². The first kappa shape index (κ1) is 17.5. The van der Waals surface area contributed by atoms with Crippen LogP contribution in [-0.4, -0.2) is 53.4 Å². The molecule has 0 saturated carbocycles. The van der Waals surface area contributed by atoms with Gasteiger partial charge in [0.15, 0.2) is 0 Å². The number of piperazine rings is 1. The van der Waals surface area contributed by atoms with Crippen LogP contribution in [0.15, 0.2) is 36.7 Å². The highest BCUT2D eigenvalue weighted by atomic mass is 16.1. The number of nitrogens with zero attached hydrogens (tertiary/aromatic N) is 4. The Morgan fingerprint density at radius 3 is 2.04 bits per heavy atom. The fraction of sp³-hybridized carbons (Fsp3) is 0.450. The second-order valence-corrected chi connectivity index (χ2v) is 6.94. The summed E-state index contributed by atoms with van der Waals surface area (Å²) in [7, 11) is 0. The van der Waals surface area contributed by atoms with E-state index in [1.807, 2.05) is 43.6 Å². The molecule has 2 heterocycles. The van der Waals surface area contributed by atoms with Crippen molar-refractivity contribution in [1.82, 2.24) is 14.9 Å². The molecule has 132 valence electrons. The molecule has 1 aliphatic rings. The first-order valence-corrected chi connectivity index (χ1v) is 8.95. The number of rotatable bonds is 5. The number of hydrogen-bond acceptors (Lipinski definition) is 5. The molecule has 0 aliphatic carbocycles. The first-order chi connectivity index (χ1) is 12.1. The molecule has 0 spiro atoms. The van der Waals surface area contributed by atoms with E-state index in [9.17, 15) is 4.79 Å². The van der Waals surface area contributed by atoms with Gasteiger partial charge in [-0.05, 0) is 25.0 Å². The molecular weight excluding hydrogens is 312 g/mol. The molecule has 0 radical (unpaired) electrons. The molecule has 1 aromatic heterocycles. The number of aromatic nitrogens is 2. The average Bonchev–Trinajstić information content (AvgIpc) is 2.67. The summed E-state index contributed by atoms with van der Waals surface area (Å²) < 4.78 is 0. The van der Waals surface area contributed by atoms with Crippen LogP contribution in [0.5, 0.6) is 0 Å². The lowest BCUT2D eigenvalue weighted by molar-refractivity contribution is -0.108. The molecule has 1 fully saturated rings. The molecule has 1 saturated heterocycles. The Hall–Kier alpha value is -2.27. The summed E-state index contributed by atoms with van der Waals surface area (Å²) in [5.41, 5.74) is 3.09. The molecule has 0 bridgehead atoms. The maximum atomic E-state index is 10.9. The van der Waals surface area contributed by atoms with Crippen molar-refractivity contribution in [3.05, 3.63) is 42.2 Å². The van der Waals surface area contributed by atoms with E-state index < -0.39 is 0 Å². The Bertz CT molecular complexity index is 689. The SMILES string of the molecule is CC(C=O)c1ccc(-c2cnc(N3CCN(C(C)C)CC3)nc2)cc1. The number of benzene rings is 1. The van der Waals surface area contributed by atoms with Crippen molar-refractivity contribution in [2.75, 3.05) is 31.1 Å². The zero-order valence-corrected chi connectivity index (χ0v) is 15.2. The lowest BCUT2D eigenvalue weighted by Gasteiger charge is -2.36. The Morgan fingerprint density at radius 1 is 0.920 bits per heavy atom. The van der Waals surface area contributed by atoms with Gasteiger partial charge in [0.25, 0.3) is 0 Å². The fourth-order valence-electron chi connectivity index (χ4n) is 3.13. The first-order valence-electron chi connectivity index (χ1n) is 8.95.